The van der Waals surface area contributed by atoms with Gasteiger partial charge in [-0.05, 0) is 17.7 Å². The van der Waals surface area contributed by atoms with Crippen molar-refractivity contribution in [1.82, 2.24) is 5.32 Å². The molecule has 0 fully saturated rings. The van der Waals surface area contributed by atoms with E-state index >= 15 is 0 Å². The largest absolute Gasteiger partial charge is 0.416 e. The van der Waals surface area contributed by atoms with Gasteiger partial charge in [0, 0.05) is 19.5 Å². The number of halogens is 3. The molecule has 0 aromatic heterocycles. The SMILES string of the molecule is C#CCCNCC(O)c1cccc(C(F)(F)F)c1. The van der Waals surface area contributed by atoms with Crippen LogP contribution in [0.5, 0.6) is 0 Å². The van der Waals surface area contributed by atoms with Gasteiger partial charge < -0.3 is 10.4 Å². The molecule has 1 aromatic rings. The fraction of sp³-hybridized carbons (Fsp3) is 0.385. The number of aliphatic hydroxyl groups excluding tert-OH is 1. The summed E-state index contributed by atoms with van der Waals surface area (Å²) in [5.41, 5.74) is -0.527. The number of nitrogens with one attached hydrogen (secondary N) is 1. The number of benzene rings is 1. The lowest BCUT2D eigenvalue weighted by Crippen LogP contribution is -2.22. The van der Waals surface area contributed by atoms with Crippen LogP contribution in [-0.2, 0) is 6.18 Å². The molecule has 1 rings (SSSR count). The van der Waals surface area contributed by atoms with Gasteiger partial charge in [-0.1, -0.05) is 12.1 Å². The molecule has 0 bridgehead atoms. The average molecular weight is 257 g/mol. The first kappa shape index (κ1) is 14.6. The summed E-state index contributed by atoms with van der Waals surface area (Å²) >= 11 is 0. The van der Waals surface area contributed by atoms with Crippen LogP contribution in [0.3, 0.4) is 0 Å². The van der Waals surface area contributed by atoms with Crippen molar-refractivity contribution in [2.24, 2.45) is 0 Å². The third-order valence-electron chi connectivity index (χ3n) is 2.38. The maximum atomic E-state index is 12.5. The monoisotopic (exact) mass is 257 g/mol. The minimum atomic E-state index is -4.40. The first-order chi connectivity index (χ1) is 8.45. The van der Waals surface area contributed by atoms with E-state index in [9.17, 15) is 18.3 Å². The lowest BCUT2D eigenvalue weighted by atomic mass is 10.1. The van der Waals surface area contributed by atoms with Crippen LogP contribution in [0.25, 0.3) is 0 Å². The number of hydrogen-bond acceptors (Lipinski definition) is 2. The highest BCUT2D eigenvalue weighted by Crippen LogP contribution is 2.30. The van der Waals surface area contributed by atoms with Gasteiger partial charge in [0.05, 0.1) is 11.7 Å². The number of aliphatic hydroxyl groups is 1. The van der Waals surface area contributed by atoms with Crippen molar-refractivity contribution in [1.29, 1.82) is 0 Å². The zero-order valence-corrected chi connectivity index (χ0v) is 9.67. The van der Waals surface area contributed by atoms with Gasteiger partial charge in [-0.15, -0.1) is 12.3 Å². The molecular weight excluding hydrogens is 243 g/mol. The maximum absolute atomic E-state index is 12.5. The third-order valence-corrected chi connectivity index (χ3v) is 2.38. The molecule has 1 aromatic carbocycles. The standard InChI is InChI=1S/C13H14F3NO/c1-2-3-7-17-9-12(18)10-5-4-6-11(8-10)13(14,15)16/h1,4-6,8,12,17-18H,3,7,9H2. The van der Waals surface area contributed by atoms with Crippen molar-refractivity contribution >= 4 is 0 Å². The van der Waals surface area contributed by atoms with Crippen molar-refractivity contribution < 1.29 is 18.3 Å². The van der Waals surface area contributed by atoms with Gasteiger partial charge >= 0.3 is 6.18 Å². The highest BCUT2D eigenvalue weighted by Gasteiger charge is 2.30. The first-order valence-corrected chi connectivity index (χ1v) is 5.44. The van der Waals surface area contributed by atoms with Crippen LogP contribution in [-0.4, -0.2) is 18.2 Å². The molecule has 98 valence electrons. The Morgan fingerprint density at radius 3 is 2.72 bits per heavy atom. The highest BCUT2D eigenvalue weighted by atomic mass is 19.4. The zero-order valence-electron chi connectivity index (χ0n) is 9.67. The maximum Gasteiger partial charge on any atom is 0.416 e. The minimum Gasteiger partial charge on any atom is -0.387 e. The summed E-state index contributed by atoms with van der Waals surface area (Å²) in [6.07, 6.45) is 0.178. The van der Waals surface area contributed by atoms with Gasteiger partial charge in [0.2, 0.25) is 0 Å². The smallest absolute Gasteiger partial charge is 0.387 e. The van der Waals surface area contributed by atoms with E-state index in [1.807, 2.05) is 0 Å². The van der Waals surface area contributed by atoms with E-state index in [0.717, 1.165) is 12.1 Å². The molecule has 1 atom stereocenters. The number of terminal acetylenes is 1. The molecule has 2 nitrogen and oxygen atoms in total. The molecule has 5 heteroatoms. The Balaban J connectivity index is 2.63. The molecular formula is C13H14F3NO. The molecule has 0 aliphatic heterocycles. The van der Waals surface area contributed by atoms with E-state index < -0.39 is 17.8 Å². The van der Waals surface area contributed by atoms with Crippen LogP contribution < -0.4 is 5.32 Å². The summed E-state index contributed by atoms with van der Waals surface area (Å²) in [7, 11) is 0. The normalized spacial score (nSPS) is 13.1. The molecule has 0 heterocycles. The van der Waals surface area contributed by atoms with Crippen molar-refractivity contribution in [3.63, 3.8) is 0 Å². The topological polar surface area (TPSA) is 32.3 Å². The molecule has 0 amide bonds. The first-order valence-electron chi connectivity index (χ1n) is 5.44. The Bertz CT molecular complexity index is 423. The van der Waals surface area contributed by atoms with Crippen LogP contribution in [0.2, 0.25) is 0 Å². The van der Waals surface area contributed by atoms with E-state index in [1.54, 1.807) is 0 Å². The molecule has 0 saturated carbocycles. The number of alkyl halides is 3. The lowest BCUT2D eigenvalue weighted by Gasteiger charge is -2.14. The van der Waals surface area contributed by atoms with Crippen LogP contribution in [0.4, 0.5) is 13.2 Å². The Kier molecular flexibility index (Phi) is 5.20. The van der Waals surface area contributed by atoms with Gasteiger partial charge in [0.1, 0.15) is 0 Å². The molecule has 1 unspecified atom stereocenters. The second kappa shape index (κ2) is 6.43. The van der Waals surface area contributed by atoms with Gasteiger partial charge in [-0.25, -0.2) is 0 Å². The summed E-state index contributed by atoms with van der Waals surface area (Å²) in [5, 5.41) is 12.6. The van der Waals surface area contributed by atoms with E-state index in [1.165, 1.54) is 12.1 Å². The van der Waals surface area contributed by atoms with Crippen molar-refractivity contribution in [2.45, 2.75) is 18.7 Å². The summed E-state index contributed by atoms with van der Waals surface area (Å²) in [4.78, 5) is 0. The molecule has 0 radical (unpaired) electrons. The van der Waals surface area contributed by atoms with Crippen LogP contribution in [0.1, 0.15) is 23.7 Å². The Morgan fingerprint density at radius 1 is 1.39 bits per heavy atom. The number of hydrogen-bond donors (Lipinski definition) is 2. The fourth-order valence-electron chi connectivity index (χ4n) is 1.44. The highest BCUT2D eigenvalue weighted by molar-refractivity contribution is 5.27. The van der Waals surface area contributed by atoms with Gasteiger partial charge in [-0.2, -0.15) is 13.2 Å². The van der Waals surface area contributed by atoms with Gasteiger partial charge in [0.25, 0.3) is 0 Å². The van der Waals surface area contributed by atoms with E-state index in [-0.39, 0.29) is 12.1 Å². The summed E-state index contributed by atoms with van der Waals surface area (Å²) in [6, 6.07) is 4.67. The molecule has 0 spiro atoms. The van der Waals surface area contributed by atoms with Crippen LogP contribution in [0.15, 0.2) is 24.3 Å². The Labute approximate surface area is 104 Å². The average Bonchev–Trinajstić information content (AvgIpc) is 2.33. The molecule has 0 aliphatic carbocycles. The van der Waals surface area contributed by atoms with Gasteiger partial charge in [0.15, 0.2) is 0 Å². The van der Waals surface area contributed by atoms with Gasteiger partial charge in [-0.3, -0.25) is 0 Å². The molecule has 18 heavy (non-hydrogen) atoms. The summed E-state index contributed by atoms with van der Waals surface area (Å²) < 4.78 is 37.4. The quantitative estimate of drug-likeness (QED) is 0.627. The fourth-order valence-corrected chi connectivity index (χ4v) is 1.44. The van der Waals surface area contributed by atoms with Crippen molar-refractivity contribution in [2.75, 3.05) is 13.1 Å². The molecule has 2 N–H and O–H groups in total. The van der Waals surface area contributed by atoms with Crippen molar-refractivity contribution in [3.8, 4) is 12.3 Å². The van der Waals surface area contributed by atoms with Crippen LogP contribution >= 0.6 is 0 Å². The Hall–Kier alpha value is -1.51. The lowest BCUT2D eigenvalue weighted by molar-refractivity contribution is -0.137. The second-order valence-corrected chi connectivity index (χ2v) is 3.80. The van der Waals surface area contributed by atoms with E-state index in [2.05, 4.69) is 11.2 Å². The zero-order chi connectivity index (χ0) is 13.6. The van der Waals surface area contributed by atoms with E-state index in [0.29, 0.717) is 13.0 Å². The summed E-state index contributed by atoms with van der Waals surface area (Å²) in [5.74, 6) is 2.42. The predicted octanol–water partition coefficient (Wildman–Crippen LogP) is 2.35. The number of rotatable bonds is 5. The Morgan fingerprint density at radius 2 is 2.11 bits per heavy atom. The van der Waals surface area contributed by atoms with E-state index in [4.69, 9.17) is 6.42 Å². The summed E-state index contributed by atoms with van der Waals surface area (Å²) in [6.45, 7) is 0.690. The van der Waals surface area contributed by atoms with Crippen molar-refractivity contribution in [3.05, 3.63) is 35.4 Å². The second-order valence-electron chi connectivity index (χ2n) is 3.80. The van der Waals surface area contributed by atoms with Crippen LogP contribution in [0, 0.1) is 12.3 Å². The minimum absolute atomic E-state index is 0.170. The molecule has 0 saturated heterocycles. The third kappa shape index (κ3) is 4.40. The molecule has 0 aliphatic rings. The predicted molar refractivity (Wildman–Crippen MR) is 62.7 cm³/mol.